The van der Waals surface area contributed by atoms with E-state index in [4.69, 9.17) is 14.2 Å². The fourth-order valence-corrected chi connectivity index (χ4v) is 6.96. The first kappa shape index (κ1) is 21.5. The number of carbonyl (C=O) groups is 1. The SMILES string of the molecule is CC1CCCC2(C)CC3OC(=O)C(CN4CCN(Cc5ccc6c(c5)OCO6)CC4)C3C=C12. The molecule has 1 aromatic carbocycles. The van der Waals surface area contributed by atoms with Gasteiger partial charge in [0.25, 0.3) is 0 Å². The quantitative estimate of drug-likeness (QED) is 0.511. The molecular weight excluding hydrogens is 416 g/mol. The number of fused-ring (bicyclic) bond motifs is 3. The van der Waals surface area contributed by atoms with E-state index >= 15 is 0 Å². The highest BCUT2D eigenvalue weighted by atomic mass is 16.7. The summed E-state index contributed by atoms with van der Waals surface area (Å²) in [4.78, 5) is 17.9. The number of esters is 1. The van der Waals surface area contributed by atoms with Crippen LogP contribution in [-0.2, 0) is 16.1 Å². The molecule has 0 radical (unpaired) electrons. The highest BCUT2D eigenvalue weighted by Crippen LogP contribution is 2.54. The molecule has 1 aromatic rings. The number of allylic oxidation sites excluding steroid dienone is 1. The van der Waals surface area contributed by atoms with Gasteiger partial charge in [-0.3, -0.25) is 14.6 Å². The van der Waals surface area contributed by atoms with Crippen molar-refractivity contribution in [2.24, 2.45) is 23.2 Å². The molecule has 3 aliphatic heterocycles. The molecule has 3 fully saturated rings. The number of ether oxygens (including phenoxy) is 3. The fraction of sp³-hybridized carbons (Fsp3) is 0.667. The first-order valence-corrected chi connectivity index (χ1v) is 12.7. The summed E-state index contributed by atoms with van der Waals surface area (Å²) in [6, 6.07) is 6.23. The minimum atomic E-state index is -0.0124. The Balaban J connectivity index is 1.07. The van der Waals surface area contributed by atoms with Crippen LogP contribution < -0.4 is 9.47 Å². The summed E-state index contributed by atoms with van der Waals surface area (Å²) in [5.41, 5.74) is 3.09. The second-order valence-corrected chi connectivity index (χ2v) is 11.1. The van der Waals surface area contributed by atoms with Crippen molar-refractivity contribution in [3.63, 3.8) is 0 Å². The molecule has 0 bridgehead atoms. The van der Waals surface area contributed by atoms with E-state index in [9.17, 15) is 4.79 Å². The van der Waals surface area contributed by atoms with E-state index in [1.165, 1.54) is 24.8 Å². The van der Waals surface area contributed by atoms with Crippen LogP contribution in [-0.4, -0.2) is 61.4 Å². The van der Waals surface area contributed by atoms with E-state index < -0.39 is 0 Å². The lowest BCUT2D eigenvalue weighted by molar-refractivity contribution is -0.145. The van der Waals surface area contributed by atoms with Gasteiger partial charge in [-0.05, 0) is 48.3 Å². The van der Waals surface area contributed by atoms with Crippen LogP contribution in [0.5, 0.6) is 11.5 Å². The van der Waals surface area contributed by atoms with E-state index in [0.717, 1.165) is 57.2 Å². The lowest BCUT2D eigenvalue weighted by Gasteiger charge is -2.46. The van der Waals surface area contributed by atoms with Crippen LogP contribution in [0, 0.1) is 23.2 Å². The first-order chi connectivity index (χ1) is 16.0. The van der Waals surface area contributed by atoms with Gasteiger partial charge in [-0.1, -0.05) is 38.0 Å². The van der Waals surface area contributed by atoms with Crippen molar-refractivity contribution in [3.8, 4) is 11.5 Å². The Hall–Kier alpha value is -2.05. The highest BCUT2D eigenvalue weighted by Gasteiger charge is 2.52. The zero-order valence-corrected chi connectivity index (χ0v) is 19.9. The second kappa shape index (κ2) is 8.31. The van der Waals surface area contributed by atoms with Gasteiger partial charge in [0.1, 0.15) is 6.10 Å². The van der Waals surface area contributed by atoms with E-state index in [1.807, 2.05) is 6.07 Å². The summed E-state index contributed by atoms with van der Waals surface area (Å²) in [7, 11) is 0. The van der Waals surface area contributed by atoms with Gasteiger partial charge in [0.2, 0.25) is 6.79 Å². The van der Waals surface area contributed by atoms with Crippen LogP contribution in [0.2, 0.25) is 0 Å². The van der Waals surface area contributed by atoms with E-state index in [2.05, 4.69) is 41.9 Å². The third-order valence-corrected chi connectivity index (χ3v) is 8.84. The molecule has 1 saturated carbocycles. The van der Waals surface area contributed by atoms with E-state index in [0.29, 0.717) is 12.7 Å². The Morgan fingerprint density at radius 2 is 1.88 bits per heavy atom. The molecule has 3 heterocycles. The van der Waals surface area contributed by atoms with Gasteiger partial charge in [-0.15, -0.1) is 0 Å². The van der Waals surface area contributed by atoms with Crippen molar-refractivity contribution in [2.45, 2.75) is 52.2 Å². The molecule has 0 N–H and O–H groups in total. The zero-order valence-electron chi connectivity index (χ0n) is 19.9. The topological polar surface area (TPSA) is 51.2 Å². The van der Waals surface area contributed by atoms with Gasteiger partial charge < -0.3 is 14.2 Å². The predicted octanol–water partition coefficient (Wildman–Crippen LogP) is 3.85. The van der Waals surface area contributed by atoms with Crippen LogP contribution in [0.15, 0.2) is 29.8 Å². The van der Waals surface area contributed by atoms with Crippen molar-refractivity contribution in [3.05, 3.63) is 35.4 Å². The first-order valence-electron chi connectivity index (χ1n) is 12.7. The largest absolute Gasteiger partial charge is 0.461 e. The van der Waals surface area contributed by atoms with Gasteiger partial charge in [-0.2, -0.15) is 0 Å². The highest BCUT2D eigenvalue weighted by molar-refractivity contribution is 5.76. The van der Waals surface area contributed by atoms with Gasteiger partial charge in [-0.25, -0.2) is 0 Å². The average molecular weight is 453 g/mol. The van der Waals surface area contributed by atoms with Gasteiger partial charge in [0.15, 0.2) is 11.5 Å². The number of hydrogen-bond donors (Lipinski definition) is 0. The molecule has 0 aromatic heterocycles. The molecule has 178 valence electrons. The summed E-state index contributed by atoms with van der Waals surface area (Å²) in [5, 5.41) is 0. The molecular formula is C27H36N2O4. The molecule has 6 heteroatoms. The van der Waals surface area contributed by atoms with Crippen LogP contribution in [0.1, 0.15) is 45.1 Å². The third-order valence-electron chi connectivity index (χ3n) is 8.84. The Morgan fingerprint density at radius 1 is 1.09 bits per heavy atom. The van der Waals surface area contributed by atoms with Crippen LogP contribution in [0.25, 0.3) is 0 Å². The maximum Gasteiger partial charge on any atom is 0.311 e. The molecule has 5 aliphatic rings. The summed E-state index contributed by atoms with van der Waals surface area (Å²) in [6.07, 6.45) is 7.38. The maximum atomic E-state index is 12.9. The normalized spacial score (nSPS) is 36.2. The number of carbonyl (C=O) groups excluding carboxylic acids is 1. The molecule has 0 spiro atoms. The molecule has 0 amide bonds. The summed E-state index contributed by atoms with van der Waals surface area (Å²) in [6.45, 7) is 10.8. The van der Waals surface area contributed by atoms with Gasteiger partial charge in [0.05, 0.1) is 5.92 Å². The Kier molecular flexibility index (Phi) is 5.41. The Bertz CT molecular complexity index is 953. The number of hydrogen-bond acceptors (Lipinski definition) is 6. The summed E-state index contributed by atoms with van der Waals surface area (Å²) in [5.74, 6) is 2.60. The predicted molar refractivity (Wildman–Crippen MR) is 125 cm³/mol. The number of benzene rings is 1. The lowest BCUT2D eigenvalue weighted by atomic mass is 9.59. The molecule has 5 atom stereocenters. The van der Waals surface area contributed by atoms with Gasteiger partial charge in [0, 0.05) is 45.2 Å². The smallest absolute Gasteiger partial charge is 0.311 e. The Morgan fingerprint density at radius 3 is 2.73 bits per heavy atom. The number of rotatable bonds is 4. The van der Waals surface area contributed by atoms with E-state index in [-0.39, 0.29) is 29.3 Å². The molecule has 6 rings (SSSR count). The minimum absolute atomic E-state index is 0.0124. The van der Waals surface area contributed by atoms with Gasteiger partial charge >= 0.3 is 5.97 Å². The molecule has 6 nitrogen and oxygen atoms in total. The third kappa shape index (κ3) is 3.95. The van der Waals surface area contributed by atoms with Crippen molar-refractivity contribution in [1.29, 1.82) is 0 Å². The average Bonchev–Trinajstić information content (AvgIpc) is 3.37. The molecule has 2 saturated heterocycles. The zero-order chi connectivity index (χ0) is 22.6. The van der Waals surface area contributed by atoms with E-state index in [1.54, 1.807) is 5.57 Å². The maximum absolute atomic E-state index is 12.9. The standard InChI is InChI=1S/C27H36N2O4/c1-18-4-3-7-27(2)14-25-20(13-22(18)27)21(26(30)33-25)16-29-10-8-28(9-11-29)15-19-5-6-23-24(12-19)32-17-31-23/h5-6,12-13,18,20-21,25H,3-4,7-11,14-17H2,1-2H3. The summed E-state index contributed by atoms with van der Waals surface area (Å²) >= 11 is 0. The van der Waals surface area contributed by atoms with Crippen molar-refractivity contribution >= 4 is 5.97 Å². The van der Waals surface area contributed by atoms with Crippen LogP contribution >= 0.6 is 0 Å². The molecule has 2 aliphatic carbocycles. The van der Waals surface area contributed by atoms with Crippen molar-refractivity contribution < 1.29 is 19.0 Å². The lowest BCUT2D eigenvalue weighted by Crippen LogP contribution is -2.48. The van der Waals surface area contributed by atoms with Crippen LogP contribution in [0.3, 0.4) is 0 Å². The number of piperazine rings is 1. The fourth-order valence-electron chi connectivity index (χ4n) is 6.96. The van der Waals surface area contributed by atoms with Crippen molar-refractivity contribution in [1.82, 2.24) is 9.80 Å². The molecule has 5 unspecified atom stereocenters. The van der Waals surface area contributed by atoms with Crippen LogP contribution in [0.4, 0.5) is 0 Å². The number of nitrogens with zero attached hydrogens (tertiary/aromatic N) is 2. The molecule has 33 heavy (non-hydrogen) atoms. The monoisotopic (exact) mass is 452 g/mol. The van der Waals surface area contributed by atoms with Crippen molar-refractivity contribution in [2.75, 3.05) is 39.5 Å². The second-order valence-electron chi connectivity index (χ2n) is 11.1. The summed E-state index contributed by atoms with van der Waals surface area (Å²) < 4.78 is 16.9. The minimum Gasteiger partial charge on any atom is -0.461 e. The Labute approximate surface area is 196 Å².